The molecule has 2 aliphatic rings. The summed E-state index contributed by atoms with van der Waals surface area (Å²) in [6.07, 6.45) is 3.86. The fraction of sp³-hybridized carbons (Fsp3) is 0.519. The maximum absolute atomic E-state index is 13.3. The van der Waals surface area contributed by atoms with Crippen LogP contribution in [0.15, 0.2) is 46.6 Å². The Hall–Kier alpha value is -3.37. The van der Waals surface area contributed by atoms with Crippen molar-refractivity contribution in [3.8, 4) is 6.07 Å². The van der Waals surface area contributed by atoms with Crippen LogP contribution in [0.5, 0.6) is 0 Å². The Bertz CT molecular complexity index is 1230. The summed E-state index contributed by atoms with van der Waals surface area (Å²) >= 11 is 0. The third-order valence-electron chi connectivity index (χ3n) is 7.38. The number of carbonyl (C=O) groups is 2. The number of para-hydroxylation sites is 1. The zero-order chi connectivity index (χ0) is 28.0. The van der Waals surface area contributed by atoms with Crippen LogP contribution in [0.3, 0.4) is 0 Å². The van der Waals surface area contributed by atoms with Gasteiger partial charge in [0.1, 0.15) is 23.8 Å². The minimum atomic E-state index is -1.83. The lowest BCUT2D eigenvalue weighted by molar-refractivity contribution is -0.128. The zero-order valence-corrected chi connectivity index (χ0v) is 22.3. The van der Waals surface area contributed by atoms with Crippen LogP contribution in [0.1, 0.15) is 32.3 Å². The first kappa shape index (κ1) is 28.6. The molecule has 4 rings (SSSR count). The van der Waals surface area contributed by atoms with Gasteiger partial charge in [-0.2, -0.15) is 5.26 Å². The van der Waals surface area contributed by atoms with Gasteiger partial charge < -0.3 is 34.2 Å². The van der Waals surface area contributed by atoms with Crippen LogP contribution in [0, 0.1) is 11.3 Å². The first-order valence-corrected chi connectivity index (χ1v) is 13.2. The van der Waals surface area contributed by atoms with E-state index in [1.54, 1.807) is 17.0 Å². The van der Waals surface area contributed by atoms with E-state index < -0.39 is 24.7 Å². The lowest BCUT2D eigenvalue weighted by atomic mass is 9.76. The van der Waals surface area contributed by atoms with Crippen LogP contribution < -0.4 is 5.32 Å². The lowest BCUT2D eigenvalue weighted by Crippen LogP contribution is -2.49. The fourth-order valence-electron chi connectivity index (χ4n) is 5.18. The second-order valence-corrected chi connectivity index (χ2v) is 10.4. The van der Waals surface area contributed by atoms with E-state index >= 15 is 0 Å². The Labute approximate surface area is 228 Å². The molecule has 2 atom stereocenters. The number of hydrogen-bond acceptors (Lipinski definition) is 9. The van der Waals surface area contributed by atoms with Gasteiger partial charge >= 0.3 is 13.2 Å². The third-order valence-corrected chi connectivity index (χ3v) is 7.38. The number of hydrogen-bond donors (Lipinski definition) is 3. The molecule has 0 radical (unpaired) electrons. The van der Waals surface area contributed by atoms with Crippen molar-refractivity contribution in [2.24, 2.45) is 0 Å². The molecule has 208 valence electrons. The van der Waals surface area contributed by atoms with Gasteiger partial charge in [0.25, 0.3) is 5.91 Å². The normalized spacial score (nSPS) is 19.5. The molecule has 3 N–H and O–H groups in total. The summed E-state index contributed by atoms with van der Waals surface area (Å²) in [6, 6.07) is 9.01. The van der Waals surface area contributed by atoms with E-state index in [0.29, 0.717) is 50.4 Å². The molecule has 2 aromatic rings. The highest BCUT2D eigenvalue weighted by atomic mass is 16.5. The van der Waals surface area contributed by atoms with E-state index in [9.17, 15) is 24.9 Å². The molecule has 2 amide bonds. The number of nitriles is 1. The Balaban J connectivity index is 1.35. The number of morpholine rings is 1. The molecule has 1 unspecified atom stereocenters. The second-order valence-electron chi connectivity index (χ2n) is 10.4. The fourth-order valence-corrected chi connectivity index (χ4v) is 5.18. The second kappa shape index (κ2) is 12.7. The van der Waals surface area contributed by atoms with Crippen LogP contribution in [0.4, 0.5) is 4.79 Å². The van der Waals surface area contributed by atoms with Gasteiger partial charge in [0.15, 0.2) is 0 Å². The molecular formula is C27H35BN4O7. The summed E-state index contributed by atoms with van der Waals surface area (Å²) < 4.78 is 16.3. The summed E-state index contributed by atoms with van der Waals surface area (Å²) in [6.45, 7) is 6.95. The van der Waals surface area contributed by atoms with Gasteiger partial charge in [-0.1, -0.05) is 18.2 Å². The average molecular weight is 538 g/mol. The molecule has 12 heteroatoms. The van der Waals surface area contributed by atoms with Crippen LogP contribution in [-0.4, -0.2) is 95.9 Å². The molecule has 1 aromatic heterocycles. The Morgan fingerprint density at radius 3 is 2.74 bits per heavy atom. The molecule has 0 aliphatic carbocycles. The van der Waals surface area contributed by atoms with Gasteiger partial charge in [0.05, 0.1) is 31.5 Å². The summed E-state index contributed by atoms with van der Waals surface area (Å²) in [5.74, 6) is -1.42. The van der Waals surface area contributed by atoms with Crippen LogP contribution in [0.25, 0.3) is 11.0 Å². The van der Waals surface area contributed by atoms with Gasteiger partial charge in [-0.25, -0.2) is 4.79 Å². The average Bonchev–Trinajstić information content (AvgIpc) is 3.57. The lowest BCUT2D eigenvalue weighted by Gasteiger charge is -2.39. The molecule has 0 saturated carbocycles. The van der Waals surface area contributed by atoms with Crippen molar-refractivity contribution in [1.82, 2.24) is 15.1 Å². The van der Waals surface area contributed by atoms with Crippen molar-refractivity contribution in [3.05, 3.63) is 47.7 Å². The standard InChI is InChI=1S/C27H35BN4O7/c1-27(2,31-10-12-37-13-11-31)15-20(16-29)25(33)32-9-5-6-21(32)18-39-26(34)30-24(28(35)36)14-19-17-38-23-8-4-3-7-22(19)23/h3-4,7-8,15,17,21,24,35-36H,5-6,9-14,18H2,1-2H3,(H,30,34)/t21?,24-/m0/s1. The Kier molecular flexibility index (Phi) is 9.30. The molecule has 11 nitrogen and oxygen atoms in total. The van der Waals surface area contributed by atoms with Crippen molar-refractivity contribution in [3.63, 3.8) is 0 Å². The summed E-state index contributed by atoms with van der Waals surface area (Å²) in [5, 5.41) is 32.8. The highest BCUT2D eigenvalue weighted by Crippen LogP contribution is 2.25. The number of carbonyl (C=O) groups excluding carboxylic acids is 2. The number of ether oxygens (including phenoxy) is 2. The first-order chi connectivity index (χ1) is 18.7. The molecule has 0 spiro atoms. The molecule has 39 heavy (non-hydrogen) atoms. The van der Waals surface area contributed by atoms with E-state index in [4.69, 9.17) is 13.9 Å². The van der Waals surface area contributed by atoms with E-state index in [0.717, 1.165) is 11.8 Å². The monoisotopic (exact) mass is 538 g/mol. The SMILES string of the molecule is CC(C)(C=C(C#N)C(=O)N1CCCC1COC(=O)N[C@@H](Cc1coc2ccccc12)B(O)O)N1CCOCC1. The maximum Gasteiger partial charge on any atom is 0.475 e. The van der Waals surface area contributed by atoms with E-state index in [-0.39, 0.29) is 30.5 Å². The Morgan fingerprint density at radius 1 is 1.28 bits per heavy atom. The molecule has 3 heterocycles. The highest BCUT2D eigenvalue weighted by Gasteiger charge is 2.35. The van der Waals surface area contributed by atoms with Gasteiger partial charge in [-0.05, 0) is 50.8 Å². The quantitative estimate of drug-likeness (QED) is 0.246. The number of benzene rings is 1. The number of amides is 2. The number of nitrogens with one attached hydrogen (secondary N) is 1. The number of alkyl carbamates (subject to hydrolysis) is 1. The third kappa shape index (κ3) is 6.99. The first-order valence-electron chi connectivity index (χ1n) is 13.2. The van der Waals surface area contributed by atoms with Gasteiger partial charge in [0.2, 0.25) is 0 Å². The Morgan fingerprint density at radius 2 is 2.03 bits per heavy atom. The maximum atomic E-state index is 13.3. The minimum Gasteiger partial charge on any atom is -0.464 e. The predicted molar refractivity (Wildman–Crippen MR) is 143 cm³/mol. The van der Waals surface area contributed by atoms with Gasteiger partial charge in [0, 0.05) is 30.6 Å². The van der Waals surface area contributed by atoms with Gasteiger partial charge in [-0.15, -0.1) is 0 Å². The summed E-state index contributed by atoms with van der Waals surface area (Å²) in [7, 11) is -1.83. The van der Waals surface area contributed by atoms with Crippen LogP contribution >= 0.6 is 0 Å². The predicted octanol–water partition coefficient (Wildman–Crippen LogP) is 1.63. The van der Waals surface area contributed by atoms with Crippen LogP contribution in [0.2, 0.25) is 0 Å². The summed E-state index contributed by atoms with van der Waals surface area (Å²) in [5.41, 5.74) is 0.925. The smallest absolute Gasteiger partial charge is 0.464 e. The van der Waals surface area contributed by atoms with E-state index in [2.05, 4.69) is 16.3 Å². The van der Waals surface area contributed by atoms with Crippen molar-refractivity contribution >= 4 is 30.1 Å². The minimum absolute atomic E-state index is 0.0543. The molecule has 1 aromatic carbocycles. The number of rotatable bonds is 9. The zero-order valence-electron chi connectivity index (χ0n) is 22.3. The van der Waals surface area contributed by atoms with E-state index in [1.165, 1.54) is 6.26 Å². The number of fused-ring (bicyclic) bond motifs is 1. The van der Waals surface area contributed by atoms with E-state index in [1.807, 2.05) is 32.0 Å². The van der Waals surface area contributed by atoms with Crippen molar-refractivity contribution in [1.29, 1.82) is 5.26 Å². The molecule has 0 bridgehead atoms. The number of likely N-dealkylation sites (tertiary alicyclic amines) is 1. The molecule has 2 aliphatic heterocycles. The topological polar surface area (TPSA) is 148 Å². The largest absolute Gasteiger partial charge is 0.475 e. The summed E-state index contributed by atoms with van der Waals surface area (Å²) in [4.78, 5) is 29.6. The molecular weight excluding hydrogens is 503 g/mol. The highest BCUT2D eigenvalue weighted by molar-refractivity contribution is 6.43. The van der Waals surface area contributed by atoms with Crippen molar-refractivity contribution < 1.29 is 33.5 Å². The van der Waals surface area contributed by atoms with Crippen molar-refractivity contribution in [2.45, 2.75) is 50.6 Å². The molecule has 2 saturated heterocycles. The number of nitrogens with zero attached hydrogens (tertiary/aromatic N) is 3. The van der Waals surface area contributed by atoms with Crippen LogP contribution in [-0.2, 0) is 20.7 Å². The van der Waals surface area contributed by atoms with Crippen molar-refractivity contribution in [2.75, 3.05) is 39.5 Å². The molecule has 2 fully saturated rings. The van der Waals surface area contributed by atoms with Gasteiger partial charge in [-0.3, -0.25) is 9.69 Å². The number of furan rings is 1.